The fourth-order valence-electron chi connectivity index (χ4n) is 5.57. The van der Waals surface area contributed by atoms with Crippen LogP contribution in [0.15, 0.2) is 54.6 Å². The molecule has 1 aromatic heterocycles. The number of carbonyl (C=O) groups is 1. The van der Waals surface area contributed by atoms with Crippen molar-refractivity contribution in [3.05, 3.63) is 87.8 Å². The van der Waals surface area contributed by atoms with Crippen molar-refractivity contribution in [1.82, 2.24) is 9.88 Å². The van der Waals surface area contributed by atoms with E-state index in [9.17, 15) is 14.3 Å². The lowest BCUT2D eigenvalue weighted by molar-refractivity contribution is 0.0489. The van der Waals surface area contributed by atoms with E-state index in [-0.39, 0.29) is 28.4 Å². The Morgan fingerprint density at radius 1 is 1.18 bits per heavy atom. The molecule has 0 unspecified atom stereocenters. The first-order valence-electron chi connectivity index (χ1n) is 12.5. The van der Waals surface area contributed by atoms with Gasteiger partial charge in [0, 0.05) is 39.8 Å². The average Bonchev–Trinajstić information content (AvgIpc) is 3.25. The standard InChI is InChI=1S/C30H28ClF3N2O3/c1-30(2,34)15-36-18(14-32)13-21-19-6-4-5-7-24(19)35-27(21)28(36)26-22(31)10-17(11-23(26)33)16-8-9-20(29(37)38)25(12-16)39-3/h4-12,18,28,35H,13-15H2,1-3H3,(H,37,38)/t18-,28+/m0/s1. The number of aromatic nitrogens is 1. The molecule has 3 aromatic carbocycles. The number of para-hydroxylation sites is 1. The van der Waals surface area contributed by atoms with Crippen LogP contribution in [0.3, 0.4) is 0 Å². The van der Waals surface area contributed by atoms with E-state index in [2.05, 4.69) is 4.98 Å². The van der Waals surface area contributed by atoms with Crippen LogP contribution in [0, 0.1) is 5.82 Å². The molecule has 0 fully saturated rings. The smallest absolute Gasteiger partial charge is 0.339 e. The number of carboxylic acids is 1. The van der Waals surface area contributed by atoms with Crippen molar-refractivity contribution >= 4 is 28.5 Å². The summed E-state index contributed by atoms with van der Waals surface area (Å²) in [7, 11) is 1.35. The molecule has 2 heterocycles. The van der Waals surface area contributed by atoms with Gasteiger partial charge in [0.05, 0.1) is 13.2 Å². The van der Waals surface area contributed by atoms with E-state index in [0.29, 0.717) is 23.2 Å². The van der Waals surface area contributed by atoms with Gasteiger partial charge in [0.25, 0.3) is 0 Å². The molecule has 0 spiro atoms. The number of alkyl halides is 2. The molecular weight excluding hydrogens is 529 g/mol. The minimum absolute atomic E-state index is 0.0280. The fourth-order valence-corrected chi connectivity index (χ4v) is 5.88. The van der Waals surface area contributed by atoms with Gasteiger partial charge in [-0.2, -0.15) is 0 Å². The van der Waals surface area contributed by atoms with Crippen LogP contribution in [-0.4, -0.2) is 53.0 Å². The average molecular weight is 557 g/mol. The van der Waals surface area contributed by atoms with E-state index in [1.165, 1.54) is 39.2 Å². The van der Waals surface area contributed by atoms with Crippen LogP contribution in [0.1, 0.15) is 47.1 Å². The summed E-state index contributed by atoms with van der Waals surface area (Å²) in [6, 6.07) is 13.4. The molecule has 0 saturated carbocycles. The van der Waals surface area contributed by atoms with Gasteiger partial charge in [-0.1, -0.05) is 35.9 Å². The zero-order chi connectivity index (χ0) is 28.1. The van der Waals surface area contributed by atoms with E-state index < -0.39 is 36.2 Å². The number of fused-ring (bicyclic) bond motifs is 3. The Labute approximate surface area is 229 Å². The summed E-state index contributed by atoms with van der Waals surface area (Å²) in [4.78, 5) is 16.5. The van der Waals surface area contributed by atoms with E-state index in [4.69, 9.17) is 16.3 Å². The highest BCUT2D eigenvalue weighted by molar-refractivity contribution is 6.31. The lowest BCUT2D eigenvalue weighted by atomic mass is 9.86. The zero-order valence-corrected chi connectivity index (χ0v) is 22.5. The second-order valence-electron chi connectivity index (χ2n) is 10.4. The summed E-state index contributed by atoms with van der Waals surface area (Å²) in [6.07, 6.45) is 0.343. The van der Waals surface area contributed by atoms with Crippen molar-refractivity contribution in [2.24, 2.45) is 0 Å². The first-order valence-corrected chi connectivity index (χ1v) is 12.9. The SMILES string of the molecule is COc1cc(-c2cc(F)c([C@@H]3c4[nH]c5ccccc5c4C[C@@H](CF)N3CC(C)(C)F)c(Cl)c2)ccc1C(=O)O. The van der Waals surface area contributed by atoms with E-state index >= 15 is 8.78 Å². The van der Waals surface area contributed by atoms with Gasteiger partial charge < -0.3 is 14.8 Å². The molecule has 0 amide bonds. The maximum absolute atomic E-state index is 16.1. The Hall–Kier alpha value is -3.49. The van der Waals surface area contributed by atoms with Crippen LogP contribution in [0.2, 0.25) is 5.02 Å². The second-order valence-corrected chi connectivity index (χ2v) is 10.8. The Bertz CT molecular complexity index is 1540. The van der Waals surface area contributed by atoms with Crippen LogP contribution < -0.4 is 4.74 Å². The summed E-state index contributed by atoms with van der Waals surface area (Å²) in [5.41, 5.74) is 1.66. The number of nitrogens with one attached hydrogen (secondary N) is 1. The van der Waals surface area contributed by atoms with Crippen LogP contribution >= 0.6 is 11.6 Å². The molecule has 9 heteroatoms. The van der Waals surface area contributed by atoms with Crippen molar-refractivity contribution in [3.8, 4) is 16.9 Å². The molecule has 5 rings (SSSR count). The zero-order valence-electron chi connectivity index (χ0n) is 21.7. The quantitative estimate of drug-likeness (QED) is 0.249. The van der Waals surface area contributed by atoms with Crippen molar-refractivity contribution in [2.45, 2.75) is 38.0 Å². The number of carboxylic acid groups (broad SMARTS) is 1. The number of ether oxygens (including phenoxy) is 1. The molecule has 39 heavy (non-hydrogen) atoms. The number of rotatable bonds is 7. The third-order valence-electron chi connectivity index (χ3n) is 7.21. The molecule has 5 nitrogen and oxygen atoms in total. The lowest BCUT2D eigenvalue weighted by Crippen LogP contribution is -2.50. The number of hydrogen-bond donors (Lipinski definition) is 2. The third kappa shape index (κ3) is 4.99. The molecular formula is C30H28ClF3N2O3. The van der Waals surface area contributed by atoms with Gasteiger partial charge in [0.2, 0.25) is 0 Å². The normalized spacial score (nSPS) is 17.8. The van der Waals surface area contributed by atoms with E-state index in [0.717, 1.165) is 16.5 Å². The minimum Gasteiger partial charge on any atom is -0.496 e. The van der Waals surface area contributed by atoms with Gasteiger partial charge in [-0.05, 0) is 67.3 Å². The van der Waals surface area contributed by atoms with E-state index in [1.54, 1.807) is 17.0 Å². The Morgan fingerprint density at radius 2 is 1.92 bits per heavy atom. The Balaban J connectivity index is 1.68. The summed E-state index contributed by atoms with van der Waals surface area (Å²) >= 11 is 6.77. The molecule has 0 saturated heterocycles. The minimum atomic E-state index is -1.68. The molecule has 204 valence electrons. The summed E-state index contributed by atoms with van der Waals surface area (Å²) in [6.45, 7) is 1.95. The van der Waals surface area contributed by atoms with Gasteiger partial charge in [0.15, 0.2) is 0 Å². The number of nitrogens with zero attached hydrogens (tertiary/aromatic N) is 1. The molecule has 0 aliphatic carbocycles. The first kappa shape index (κ1) is 27.1. The van der Waals surface area contributed by atoms with Crippen LogP contribution in [0.5, 0.6) is 5.75 Å². The highest BCUT2D eigenvalue weighted by atomic mass is 35.5. The Morgan fingerprint density at radius 3 is 2.56 bits per heavy atom. The van der Waals surface area contributed by atoms with Gasteiger partial charge in [-0.3, -0.25) is 4.90 Å². The number of methoxy groups -OCH3 is 1. The summed E-state index contributed by atoms with van der Waals surface area (Å²) < 4.78 is 50.9. The third-order valence-corrected chi connectivity index (χ3v) is 7.53. The number of hydrogen-bond acceptors (Lipinski definition) is 3. The van der Waals surface area contributed by atoms with Crippen molar-refractivity contribution in [2.75, 3.05) is 20.3 Å². The largest absolute Gasteiger partial charge is 0.496 e. The molecule has 0 radical (unpaired) electrons. The highest BCUT2D eigenvalue weighted by Gasteiger charge is 2.42. The van der Waals surface area contributed by atoms with Crippen molar-refractivity contribution in [3.63, 3.8) is 0 Å². The van der Waals surface area contributed by atoms with Gasteiger partial charge in [-0.15, -0.1) is 0 Å². The molecule has 2 atom stereocenters. The molecule has 2 N–H and O–H groups in total. The number of halogens is 4. The van der Waals surface area contributed by atoms with Crippen LogP contribution in [-0.2, 0) is 6.42 Å². The predicted molar refractivity (Wildman–Crippen MR) is 146 cm³/mol. The summed E-state index contributed by atoms with van der Waals surface area (Å²) in [5, 5.41) is 10.4. The number of H-pyrrole nitrogens is 1. The molecule has 1 aliphatic rings. The predicted octanol–water partition coefficient (Wildman–Crippen LogP) is 7.37. The van der Waals surface area contributed by atoms with Crippen LogP contribution in [0.4, 0.5) is 13.2 Å². The van der Waals surface area contributed by atoms with E-state index in [1.807, 2.05) is 24.3 Å². The van der Waals surface area contributed by atoms with Crippen molar-refractivity contribution in [1.29, 1.82) is 0 Å². The summed E-state index contributed by atoms with van der Waals surface area (Å²) in [5.74, 6) is -1.67. The number of aromatic amines is 1. The number of benzene rings is 3. The lowest BCUT2D eigenvalue weighted by Gasteiger charge is -2.43. The number of aromatic carboxylic acids is 1. The Kier molecular flexibility index (Phi) is 7.11. The molecule has 1 aliphatic heterocycles. The maximum Gasteiger partial charge on any atom is 0.339 e. The maximum atomic E-state index is 16.1. The monoisotopic (exact) mass is 556 g/mol. The fraction of sp³-hybridized carbons (Fsp3) is 0.300. The molecule has 0 bridgehead atoms. The highest BCUT2D eigenvalue weighted by Crippen LogP contribution is 2.45. The topological polar surface area (TPSA) is 65.6 Å². The second kappa shape index (κ2) is 10.2. The van der Waals surface area contributed by atoms with Gasteiger partial charge in [0.1, 0.15) is 29.5 Å². The first-order chi connectivity index (χ1) is 18.5. The van der Waals surface area contributed by atoms with Gasteiger partial charge >= 0.3 is 5.97 Å². The van der Waals surface area contributed by atoms with Gasteiger partial charge in [-0.25, -0.2) is 18.0 Å². The molecule has 4 aromatic rings. The van der Waals surface area contributed by atoms with Crippen LogP contribution in [0.25, 0.3) is 22.0 Å². The van der Waals surface area contributed by atoms with Crippen molar-refractivity contribution < 1.29 is 27.8 Å².